The second kappa shape index (κ2) is 7.82. The van der Waals surface area contributed by atoms with Crippen molar-refractivity contribution < 1.29 is 13.5 Å². The lowest BCUT2D eigenvalue weighted by Gasteiger charge is -2.27. The highest BCUT2D eigenvalue weighted by atomic mass is 19.3. The number of halogens is 2. The molecule has 0 aliphatic heterocycles. The van der Waals surface area contributed by atoms with Crippen molar-refractivity contribution in [2.45, 2.75) is 46.1 Å². The number of hydrogen-bond donors (Lipinski definition) is 1. The van der Waals surface area contributed by atoms with Crippen LogP contribution in [0.2, 0.25) is 0 Å². The molecule has 2 aromatic rings. The number of aryl methyl sites for hydroxylation is 1. The molecule has 136 valence electrons. The molecule has 0 bridgehead atoms. The number of nitrogens with zero attached hydrogens (tertiary/aromatic N) is 3. The predicted octanol–water partition coefficient (Wildman–Crippen LogP) is 3.93. The minimum atomic E-state index is -2.68. The van der Waals surface area contributed by atoms with Crippen molar-refractivity contribution in [1.29, 1.82) is 0 Å². The van der Waals surface area contributed by atoms with E-state index in [1.54, 1.807) is 13.0 Å². The molecule has 0 aliphatic carbocycles. The fourth-order valence-electron chi connectivity index (χ4n) is 2.75. The first-order chi connectivity index (χ1) is 11.7. The first kappa shape index (κ1) is 19.2. The van der Waals surface area contributed by atoms with Gasteiger partial charge in [0.1, 0.15) is 12.4 Å². The standard InChI is InChI=1S/C18H24F2N4O/c1-11(2)7-18(4,21)10-25-16-9-22-15(6-14(16)17(19)20)13-5-12(3)24-23-8-13/h5-6,8-9,11,17H,7,10,21H2,1-4H3. The topological polar surface area (TPSA) is 73.9 Å². The Morgan fingerprint density at radius 3 is 2.56 bits per heavy atom. The summed E-state index contributed by atoms with van der Waals surface area (Å²) in [6, 6.07) is 3.07. The summed E-state index contributed by atoms with van der Waals surface area (Å²) >= 11 is 0. The Bertz CT molecular complexity index is 720. The average Bonchev–Trinajstić information content (AvgIpc) is 2.51. The SMILES string of the molecule is Cc1cc(-c2cc(C(F)F)c(OCC(C)(N)CC(C)C)cn2)cnn1. The van der Waals surface area contributed by atoms with Gasteiger partial charge in [0.25, 0.3) is 6.43 Å². The van der Waals surface area contributed by atoms with Gasteiger partial charge in [0.05, 0.1) is 29.3 Å². The Labute approximate surface area is 146 Å². The molecular formula is C18H24F2N4O. The van der Waals surface area contributed by atoms with E-state index in [1.807, 2.05) is 6.92 Å². The van der Waals surface area contributed by atoms with E-state index in [4.69, 9.17) is 10.5 Å². The highest BCUT2D eigenvalue weighted by molar-refractivity contribution is 5.60. The lowest BCUT2D eigenvalue weighted by molar-refractivity contribution is 0.139. The summed E-state index contributed by atoms with van der Waals surface area (Å²) in [6.45, 7) is 7.87. The molecule has 0 aliphatic rings. The predicted molar refractivity (Wildman–Crippen MR) is 92.5 cm³/mol. The third-order valence-electron chi connectivity index (χ3n) is 3.64. The van der Waals surface area contributed by atoms with Crippen molar-refractivity contribution in [3.63, 3.8) is 0 Å². The van der Waals surface area contributed by atoms with Gasteiger partial charge < -0.3 is 10.5 Å². The molecule has 7 heteroatoms. The molecular weight excluding hydrogens is 326 g/mol. The van der Waals surface area contributed by atoms with Crippen molar-refractivity contribution in [2.24, 2.45) is 11.7 Å². The monoisotopic (exact) mass is 350 g/mol. The van der Waals surface area contributed by atoms with Crippen LogP contribution in [0.4, 0.5) is 8.78 Å². The van der Waals surface area contributed by atoms with Crippen molar-refractivity contribution in [3.8, 4) is 17.0 Å². The first-order valence-corrected chi connectivity index (χ1v) is 8.17. The zero-order chi connectivity index (χ0) is 18.6. The van der Waals surface area contributed by atoms with Crippen molar-refractivity contribution in [2.75, 3.05) is 6.61 Å². The number of alkyl halides is 2. The fraction of sp³-hybridized carbons (Fsp3) is 0.500. The maximum atomic E-state index is 13.5. The molecule has 0 saturated heterocycles. The van der Waals surface area contributed by atoms with Gasteiger partial charge in [0, 0.05) is 11.1 Å². The van der Waals surface area contributed by atoms with E-state index in [0.717, 1.165) is 6.42 Å². The number of nitrogens with two attached hydrogens (primary N) is 1. The second-order valence-electron chi connectivity index (χ2n) is 7.03. The summed E-state index contributed by atoms with van der Waals surface area (Å²) in [5, 5.41) is 7.68. The summed E-state index contributed by atoms with van der Waals surface area (Å²) in [4.78, 5) is 4.23. The second-order valence-corrected chi connectivity index (χ2v) is 7.03. The molecule has 2 aromatic heterocycles. The third-order valence-corrected chi connectivity index (χ3v) is 3.64. The Kier molecular flexibility index (Phi) is 6.00. The normalized spacial score (nSPS) is 14.0. The van der Waals surface area contributed by atoms with E-state index in [1.165, 1.54) is 18.5 Å². The van der Waals surface area contributed by atoms with Crippen LogP contribution in [0.5, 0.6) is 5.75 Å². The van der Waals surface area contributed by atoms with Gasteiger partial charge in [-0.05, 0) is 38.3 Å². The van der Waals surface area contributed by atoms with Gasteiger partial charge in [-0.3, -0.25) is 4.98 Å². The van der Waals surface area contributed by atoms with Crippen molar-refractivity contribution in [3.05, 3.63) is 35.8 Å². The molecule has 25 heavy (non-hydrogen) atoms. The molecule has 5 nitrogen and oxygen atoms in total. The molecule has 1 atom stereocenters. The van der Waals surface area contributed by atoms with E-state index in [9.17, 15) is 8.78 Å². The largest absolute Gasteiger partial charge is 0.490 e. The van der Waals surface area contributed by atoms with Gasteiger partial charge >= 0.3 is 0 Å². The van der Waals surface area contributed by atoms with Crippen molar-refractivity contribution >= 4 is 0 Å². The van der Waals surface area contributed by atoms with Gasteiger partial charge in [-0.15, -0.1) is 0 Å². The van der Waals surface area contributed by atoms with Gasteiger partial charge in [0.2, 0.25) is 0 Å². The first-order valence-electron chi connectivity index (χ1n) is 8.17. The Hall–Kier alpha value is -2.15. The van der Waals surface area contributed by atoms with Gasteiger partial charge in [0.15, 0.2) is 0 Å². The van der Waals surface area contributed by atoms with Crippen LogP contribution in [0.3, 0.4) is 0 Å². The molecule has 2 rings (SSSR count). The summed E-state index contributed by atoms with van der Waals surface area (Å²) in [7, 11) is 0. The van der Waals surface area contributed by atoms with Crippen LogP contribution in [0.25, 0.3) is 11.3 Å². The van der Waals surface area contributed by atoms with E-state index < -0.39 is 12.0 Å². The summed E-state index contributed by atoms with van der Waals surface area (Å²) in [5.74, 6) is 0.439. The molecule has 2 heterocycles. The quantitative estimate of drug-likeness (QED) is 0.819. The molecule has 0 radical (unpaired) electrons. The van der Waals surface area contributed by atoms with Gasteiger partial charge in [-0.25, -0.2) is 8.78 Å². The Balaban J connectivity index is 2.25. The summed E-state index contributed by atoms with van der Waals surface area (Å²) in [5.41, 5.74) is 7.09. The zero-order valence-electron chi connectivity index (χ0n) is 15.0. The number of rotatable bonds is 7. The van der Waals surface area contributed by atoms with E-state index >= 15 is 0 Å². The average molecular weight is 350 g/mol. The van der Waals surface area contributed by atoms with E-state index in [2.05, 4.69) is 29.0 Å². The molecule has 0 fully saturated rings. The number of ether oxygens (including phenoxy) is 1. The molecule has 0 amide bonds. The third kappa shape index (κ3) is 5.42. The summed E-state index contributed by atoms with van der Waals surface area (Å²) in [6.07, 6.45) is 0.856. The lowest BCUT2D eigenvalue weighted by atomic mass is 9.93. The Morgan fingerprint density at radius 2 is 1.96 bits per heavy atom. The maximum Gasteiger partial charge on any atom is 0.267 e. The Morgan fingerprint density at radius 1 is 1.24 bits per heavy atom. The highest BCUT2D eigenvalue weighted by Gasteiger charge is 2.23. The van der Waals surface area contributed by atoms with E-state index in [-0.39, 0.29) is 17.9 Å². The van der Waals surface area contributed by atoms with Crippen LogP contribution in [-0.2, 0) is 0 Å². The highest BCUT2D eigenvalue weighted by Crippen LogP contribution is 2.32. The molecule has 2 N–H and O–H groups in total. The van der Waals surface area contributed by atoms with Gasteiger partial charge in [-0.2, -0.15) is 10.2 Å². The number of aromatic nitrogens is 3. The molecule has 0 saturated carbocycles. The zero-order valence-corrected chi connectivity index (χ0v) is 15.0. The van der Waals surface area contributed by atoms with Crippen LogP contribution in [-0.4, -0.2) is 27.3 Å². The van der Waals surface area contributed by atoms with E-state index in [0.29, 0.717) is 22.9 Å². The van der Waals surface area contributed by atoms with Crippen LogP contribution in [0, 0.1) is 12.8 Å². The van der Waals surface area contributed by atoms with Crippen LogP contribution < -0.4 is 10.5 Å². The van der Waals surface area contributed by atoms with Crippen molar-refractivity contribution in [1.82, 2.24) is 15.2 Å². The number of hydrogen-bond acceptors (Lipinski definition) is 5. The maximum absolute atomic E-state index is 13.5. The van der Waals surface area contributed by atoms with Gasteiger partial charge in [-0.1, -0.05) is 13.8 Å². The fourth-order valence-corrected chi connectivity index (χ4v) is 2.75. The smallest absolute Gasteiger partial charge is 0.267 e. The minimum absolute atomic E-state index is 0.0536. The van der Waals surface area contributed by atoms with Crippen LogP contribution in [0.15, 0.2) is 24.5 Å². The molecule has 1 unspecified atom stereocenters. The number of pyridine rings is 1. The van der Waals surface area contributed by atoms with Crippen LogP contribution >= 0.6 is 0 Å². The summed E-state index contributed by atoms with van der Waals surface area (Å²) < 4.78 is 32.5. The molecule has 0 spiro atoms. The minimum Gasteiger partial charge on any atom is -0.490 e. The van der Waals surface area contributed by atoms with Crippen LogP contribution in [0.1, 0.15) is 44.9 Å². The lowest BCUT2D eigenvalue weighted by Crippen LogP contribution is -2.43. The molecule has 0 aromatic carbocycles.